The van der Waals surface area contributed by atoms with Crippen molar-refractivity contribution in [1.82, 2.24) is 19.9 Å². The summed E-state index contributed by atoms with van der Waals surface area (Å²) in [6.07, 6.45) is 0.187. The molecule has 3 heterocycles. The fourth-order valence-electron chi connectivity index (χ4n) is 3.52. The van der Waals surface area contributed by atoms with Crippen molar-refractivity contribution in [3.8, 4) is 17.3 Å². The first-order valence-corrected chi connectivity index (χ1v) is 10.3. The highest BCUT2D eigenvalue weighted by atomic mass is 35.5. The summed E-state index contributed by atoms with van der Waals surface area (Å²) in [4.78, 5) is 27.1. The van der Waals surface area contributed by atoms with Crippen molar-refractivity contribution in [2.45, 2.75) is 25.1 Å². The quantitative estimate of drug-likeness (QED) is 0.552. The molecule has 0 saturated carbocycles. The zero-order chi connectivity index (χ0) is 22.7. The summed E-state index contributed by atoms with van der Waals surface area (Å²) >= 11 is 5.96. The summed E-state index contributed by atoms with van der Waals surface area (Å²) in [5, 5.41) is -0.227. The average molecular weight is 463 g/mol. The second kappa shape index (κ2) is 9.12. The number of alkyl halides is 3. The molecule has 0 radical (unpaired) electrons. The van der Waals surface area contributed by atoms with Crippen LogP contribution in [0.4, 0.5) is 13.2 Å². The number of amides is 1. The Morgan fingerprint density at radius 1 is 1.12 bits per heavy atom. The van der Waals surface area contributed by atoms with E-state index in [4.69, 9.17) is 16.3 Å². The molecule has 0 aliphatic carbocycles. The first-order chi connectivity index (χ1) is 15.3. The van der Waals surface area contributed by atoms with Gasteiger partial charge in [-0.1, -0.05) is 29.8 Å². The predicted molar refractivity (Wildman–Crippen MR) is 111 cm³/mol. The van der Waals surface area contributed by atoms with Crippen LogP contribution in [0.5, 0.6) is 5.88 Å². The SMILES string of the molecule is O=C(c1ccccc1-c1ncccn1)N1CCC[C@@H](Oc2ncc(C(F)(F)F)cc2Cl)C1. The number of halogens is 4. The van der Waals surface area contributed by atoms with Crippen molar-refractivity contribution in [1.29, 1.82) is 0 Å². The molecule has 2 aromatic heterocycles. The Hall–Kier alpha value is -3.20. The average Bonchev–Trinajstić information content (AvgIpc) is 2.80. The number of hydrogen-bond acceptors (Lipinski definition) is 5. The number of ether oxygens (including phenoxy) is 1. The van der Waals surface area contributed by atoms with E-state index < -0.39 is 17.8 Å². The van der Waals surface area contributed by atoms with Crippen molar-refractivity contribution in [2.75, 3.05) is 13.1 Å². The number of pyridine rings is 1. The molecule has 1 aliphatic rings. The van der Waals surface area contributed by atoms with Gasteiger partial charge in [0, 0.05) is 30.7 Å². The van der Waals surface area contributed by atoms with Gasteiger partial charge in [0.2, 0.25) is 5.88 Å². The highest BCUT2D eigenvalue weighted by molar-refractivity contribution is 6.31. The summed E-state index contributed by atoms with van der Waals surface area (Å²) in [5.41, 5.74) is 0.133. The van der Waals surface area contributed by atoms with E-state index in [1.807, 2.05) is 6.07 Å². The van der Waals surface area contributed by atoms with Crippen LogP contribution in [-0.4, -0.2) is 45.0 Å². The van der Waals surface area contributed by atoms with Crippen molar-refractivity contribution in [2.24, 2.45) is 0 Å². The molecule has 1 saturated heterocycles. The molecule has 3 aromatic rings. The number of carbonyl (C=O) groups excluding carboxylic acids is 1. The Bertz CT molecular complexity index is 1110. The third-order valence-corrected chi connectivity index (χ3v) is 5.31. The van der Waals surface area contributed by atoms with Crippen LogP contribution in [-0.2, 0) is 6.18 Å². The fraction of sp³-hybridized carbons (Fsp3) is 0.273. The van der Waals surface area contributed by atoms with E-state index in [2.05, 4.69) is 15.0 Å². The van der Waals surface area contributed by atoms with Gasteiger partial charge in [-0.05, 0) is 31.0 Å². The third kappa shape index (κ3) is 4.83. The van der Waals surface area contributed by atoms with Crippen LogP contribution in [0, 0.1) is 0 Å². The van der Waals surface area contributed by atoms with E-state index in [1.165, 1.54) is 0 Å². The molecule has 4 rings (SSSR count). The van der Waals surface area contributed by atoms with Crippen molar-refractivity contribution < 1.29 is 22.7 Å². The van der Waals surface area contributed by atoms with Gasteiger partial charge in [-0.25, -0.2) is 15.0 Å². The third-order valence-electron chi connectivity index (χ3n) is 5.04. The van der Waals surface area contributed by atoms with Gasteiger partial charge in [-0.2, -0.15) is 13.2 Å². The highest BCUT2D eigenvalue weighted by Crippen LogP contribution is 2.34. The molecule has 0 N–H and O–H groups in total. The first-order valence-electron chi connectivity index (χ1n) is 9.88. The van der Waals surface area contributed by atoms with Crippen LogP contribution < -0.4 is 4.74 Å². The van der Waals surface area contributed by atoms with Gasteiger partial charge in [-0.15, -0.1) is 0 Å². The Morgan fingerprint density at radius 2 is 1.88 bits per heavy atom. The van der Waals surface area contributed by atoms with E-state index in [0.29, 0.717) is 42.5 Å². The molecule has 166 valence electrons. The van der Waals surface area contributed by atoms with Gasteiger partial charge in [0.25, 0.3) is 5.91 Å². The van der Waals surface area contributed by atoms with E-state index in [-0.39, 0.29) is 23.4 Å². The van der Waals surface area contributed by atoms with Gasteiger partial charge in [-0.3, -0.25) is 4.79 Å². The number of benzene rings is 1. The number of likely N-dealkylation sites (tertiary alicyclic amines) is 1. The Kier molecular flexibility index (Phi) is 6.27. The zero-order valence-electron chi connectivity index (χ0n) is 16.7. The molecule has 0 unspecified atom stereocenters. The molecular formula is C22H18ClF3N4O2. The van der Waals surface area contributed by atoms with Gasteiger partial charge in [0.1, 0.15) is 11.1 Å². The summed E-state index contributed by atoms with van der Waals surface area (Å²) < 4.78 is 44.2. The van der Waals surface area contributed by atoms with Crippen LogP contribution >= 0.6 is 11.6 Å². The normalized spacial score (nSPS) is 16.6. The number of nitrogens with zero attached hydrogens (tertiary/aromatic N) is 4. The second-order valence-corrected chi connectivity index (χ2v) is 7.67. The van der Waals surface area contributed by atoms with Crippen LogP contribution in [0.3, 0.4) is 0 Å². The molecular weight excluding hydrogens is 445 g/mol. The minimum absolute atomic E-state index is 0.0861. The van der Waals surface area contributed by atoms with Crippen molar-refractivity contribution in [3.63, 3.8) is 0 Å². The maximum Gasteiger partial charge on any atom is 0.417 e. The van der Waals surface area contributed by atoms with Crippen LogP contribution in [0.1, 0.15) is 28.8 Å². The molecule has 1 aliphatic heterocycles. The lowest BCUT2D eigenvalue weighted by Crippen LogP contribution is -2.44. The van der Waals surface area contributed by atoms with E-state index in [9.17, 15) is 18.0 Å². The summed E-state index contributed by atoms with van der Waals surface area (Å²) in [5.74, 6) is 0.159. The van der Waals surface area contributed by atoms with Crippen LogP contribution in [0.15, 0.2) is 55.0 Å². The van der Waals surface area contributed by atoms with E-state index in [0.717, 1.165) is 6.07 Å². The molecule has 0 bridgehead atoms. The highest BCUT2D eigenvalue weighted by Gasteiger charge is 2.33. The maximum atomic E-state index is 13.3. The first kappa shape index (κ1) is 22.0. The predicted octanol–water partition coefficient (Wildman–Crippen LogP) is 4.89. The molecule has 10 heteroatoms. The number of aromatic nitrogens is 3. The zero-order valence-corrected chi connectivity index (χ0v) is 17.5. The largest absolute Gasteiger partial charge is 0.471 e. The molecule has 1 fully saturated rings. The number of rotatable bonds is 4. The van der Waals surface area contributed by atoms with E-state index in [1.54, 1.807) is 41.6 Å². The maximum absolute atomic E-state index is 13.3. The lowest BCUT2D eigenvalue weighted by molar-refractivity contribution is -0.137. The lowest BCUT2D eigenvalue weighted by atomic mass is 10.0. The monoisotopic (exact) mass is 462 g/mol. The van der Waals surface area contributed by atoms with Gasteiger partial charge in [0.05, 0.1) is 17.7 Å². The van der Waals surface area contributed by atoms with Crippen molar-refractivity contribution in [3.05, 3.63) is 71.1 Å². The standard InChI is InChI=1S/C22H18ClF3N4O2/c23-18-11-14(22(24,25)26)12-29-20(18)32-15-5-3-10-30(13-15)21(31)17-7-2-1-6-16(17)19-27-8-4-9-28-19/h1-2,4,6-9,11-12,15H,3,5,10,13H2/t15-/m1/s1. The van der Waals surface area contributed by atoms with Gasteiger partial charge < -0.3 is 9.64 Å². The minimum Gasteiger partial charge on any atom is -0.471 e. The molecule has 32 heavy (non-hydrogen) atoms. The lowest BCUT2D eigenvalue weighted by Gasteiger charge is -2.33. The van der Waals surface area contributed by atoms with E-state index >= 15 is 0 Å². The Balaban J connectivity index is 1.50. The van der Waals surface area contributed by atoms with Crippen LogP contribution in [0.2, 0.25) is 5.02 Å². The van der Waals surface area contributed by atoms with Crippen molar-refractivity contribution >= 4 is 17.5 Å². The number of hydrogen-bond donors (Lipinski definition) is 0. The van der Waals surface area contributed by atoms with Crippen LogP contribution in [0.25, 0.3) is 11.4 Å². The summed E-state index contributed by atoms with van der Waals surface area (Å²) in [6, 6.07) is 9.55. The fourth-order valence-corrected chi connectivity index (χ4v) is 3.73. The number of piperidine rings is 1. The molecule has 6 nitrogen and oxygen atoms in total. The second-order valence-electron chi connectivity index (χ2n) is 7.26. The van der Waals surface area contributed by atoms with Gasteiger partial charge >= 0.3 is 6.18 Å². The summed E-state index contributed by atoms with van der Waals surface area (Å²) in [7, 11) is 0. The molecule has 0 spiro atoms. The molecule has 1 atom stereocenters. The Morgan fingerprint density at radius 3 is 2.59 bits per heavy atom. The van der Waals surface area contributed by atoms with Gasteiger partial charge in [0.15, 0.2) is 5.82 Å². The minimum atomic E-state index is -4.54. The number of carbonyl (C=O) groups is 1. The molecule has 1 aromatic carbocycles. The Labute approximate surface area is 187 Å². The topological polar surface area (TPSA) is 68.2 Å². The molecule has 1 amide bonds. The smallest absolute Gasteiger partial charge is 0.417 e. The summed E-state index contributed by atoms with van der Waals surface area (Å²) in [6.45, 7) is 0.776.